The predicted molar refractivity (Wildman–Crippen MR) is 72.3 cm³/mol. The number of hydrogen-bond donors (Lipinski definition) is 2. The first kappa shape index (κ1) is 13.3. The molecule has 0 aliphatic carbocycles. The van der Waals surface area contributed by atoms with Gasteiger partial charge in [-0.2, -0.15) is 0 Å². The van der Waals surface area contributed by atoms with Crippen molar-refractivity contribution in [2.75, 3.05) is 25.1 Å². The molecule has 0 spiro atoms. The summed E-state index contributed by atoms with van der Waals surface area (Å²) >= 11 is 0. The fraction of sp³-hybridized carbons (Fsp3) is 0.417. The molecule has 0 atom stereocenters. The minimum Gasteiger partial charge on any atom is -0.382 e. The summed E-state index contributed by atoms with van der Waals surface area (Å²) in [6.45, 7) is 4.12. The highest BCUT2D eigenvalue weighted by Crippen LogP contribution is 2.20. The lowest BCUT2D eigenvalue weighted by Gasteiger charge is -2.02. The van der Waals surface area contributed by atoms with Crippen LogP contribution >= 0.6 is 0 Å². The van der Waals surface area contributed by atoms with Crippen LogP contribution in [0.3, 0.4) is 0 Å². The quantitative estimate of drug-likeness (QED) is 0.454. The summed E-state index contributed by atoms with van der Waals surface area (Å²) in [7, 11) is 0. The summed E-state index contributed by atoms with van der Waals surface area (Å²) in [5.74, 6) is 0.618. The van der Waals surface area contributed by atoms with E-state index in [1.807, 2.05) is 6.92 Å². The number of H-pyrrole nitrogens is 1. The number of non-ortho nitro benzene ring substituents is 1. The van der Waals surface area contributed by atoms with Gasteiger partial charge in [0.15, 0.2) is 0 Å². The largest absolute Gasteiger partial charge is 0.382 e. The molecular formula is C12H16N4O3. The molecule has 0 unspecified atom stereocenters. The molecule has 19 heavy (non-hydrogen) atoms. The Labute approximate surface area is 110 Å². The number of nitro groups is 1. The molecule has 2 aromatic rings. The number of benzene rings is 1. The number of aromatic nitrogens is 2. The van der Waals surface area contributed by atoms with Gasteiger partial charge in [-0.15, -0.1) is 0 Å². The Hall–Kier alpha value is -2.15. The Morgan fingerprint density at radius 3 is 3.11 bits per heavy atom. The van der Waals surface area contributed by atoms with Crippen molar-refractivity contribution in [3.05, 3.63) is 28.3 Å². The van der Waals surface area contributed by atoms with Gasteiger partial charge in [-0.3, -0.25) is 10.1 Å². The SMILES string of the molecule is CCOCCCNc1nc2ccc([N+](=O)[O-])cc2[nH]1. The average molecular weight is 264 g/mol. The molecule has 0 fully saturated rings. The van der Waals surface area contributed by atoms with Crippen molar-refractivity contribution in [3.63, 3.8) is 0 Å². The number of aromatic amines is 1. The van der Waals surface area contributed by atoms with Crippen molar-refractivity contribution in [3.8, 4) is 0 Å². The van der Waals surface area contributed by atoms with E-state index in [2.05, 4.69) is 15.3 Å². The summed E-state index contributed by atoms with van der Waals surface area (Å²) in [6, 6.07) is 4.56. The van der Waals surface area contributed by atoms with Crippen LogP contribution in [0.25, 0.3) is 11.0 Å². The van der Waals surface area contributed by atoms with Crippen LogP contribution in [-0.2, 0) is 4.74 Å². The lowest BCUT2D eigenvalue weighted by atomic mass is 10.3. The van der Waals surface area contributed by atoms with E-state index in [0.717, 1.165) is 13.0 Å². The van der Waals surface area contributed by atoms with E-state index in [4.69, 9.17) is 4.74 Å². The fourth-order valence-electron chi connectivity index (χ4n) is 1.72. The Morgan fingerprint density at radius 1 is 1.53 bits per heavy atom. The molecule has 7 nitrogen and oxygen atoms in total. The molecule has 2 N–H and O–H groups in total. The number of hydrogen-bond acceptors (Lipinski definition) is 5. The third kappa shape index (κ3) is 3.41. The topological polar surface area (TPSA) is 93.1 Å². The smallest absolute Gasteiger partial charge is 0.271 e. The molecule has 1 aromatic heterocycles. The van der Waals surface area contributed by atoms with Gasteiger partial charge in [0.25, 0.3) is 5.69 Å². The first-order valence-corrected chi connectivity index (χ1v) is 6.16. The normalized spacial score (nSPS) is 10.8. The predicted octanol–water partition coefficient (Wildman–Crippen LogP) is 2.31. The van der Waals surface area contributed by atoms with E-state index in [1.54, 1.807) is 6.07 Å². The number of nitro benzene ring substituents is 1. The van der Waals surface area contributed by atoms with Crippen molar-refractivity contribution >= 4 is 22.7 Å². The van der Waals surface area contributed by atoms with Gasteiger partial charge >= 0.3 is 0 Å². The maximum atomic E-state index is 10.7. The Bertz CT molecular complexity index is 567. The molecule has 0 saturated heterocycles. The highest BCUT2D eigenvalue weighted by atomic mass is 16.6. The molecule has 102 valence electrons. The van der Waals surface area contributed by atoms with E-state index < -0.39 is 4.92 Å². The number of anilines is 1. The van der Waals surface area contributed by atoms with Crippen LogP contribution in [0.2, 0.25) is 0 Å². The van der Waals surface area contributed by atoms with Gasteiger partial charge in [0, 0.05) is 31.9 Å². The molecule has 0 aliphatic heterocycles. The maximum absolute atomic E-state index is 10.7. The molecular weight excluding hydrogens is 248 g/mol. The molecule has 0 amide bonds. The number of rotatable bonds is 7. The molecule has 7 heteroatoms. The molecule has 0 saturated carbocycles. The van der Waals surface area contributed by atoms with Crippen molar-refractivity contribution in [1.29, 1.82) is 0 Å². The zero-order valence-corrected chi connectivity index (χ0v) is 10.7. The summed E-state index contributed by atoms with van der Waals surface area (Å²) < 4.78 is 5.23. The summed E-state index contributed by atoms with van der Waals surface area (Å²) in [6.07, 6.45) is 0.880. The van der Waals surface area contributed by atoms with E-state index >= 15 is 0 Å². The van der Waals surface area contributed by atoms with Crippen LogP contribution in [0.1, 0.15) is 13.3 Å². The maximum Gasteiger partial charge on any atom is 0.271 e. The zero-order valence-electron chi connectivity index (χ0n) is 10.7. The minimum atomic E-state index is -0.421. The Kier molecular flexibility index (Phi) is 4.30. The molecule has 0 radical (unpaired) electrons. The fourth-order valence-corrected chi connectivity index (χ4v) is 1.72. The second kappa shape index (κ2) is 6.14. The Morgan fingerprint density at radius 2 is 2.37 bits per heavy atom. The number of nitrogens with one attached hydrogen (secondary N) is 2. The summed E-state index contributed by atoms with van der Waals surface area (Å²) in [5, 5.41) is 13.8. The standard InChI is InChI=1S/C12H16N4O3/c1-2-19-7-3-6-13-12-14-10-5-4-9(16(17)18)8-11(10)15-12/h4-5,8H,2-3,6-7H2,1H3,(H2,13,14,15). The lowest BCUT2D eigenvalue weighted by Crippen LogP contribution is -2.06. The van der Waals surface area contributed by atoms with Crippen LogP contribution in [-0.4, -0.2) is 34.6 Å². The first-order chi connectivity index (χ1) is 9.20. The number of imidazole rings is 1. The van der Waals surface area contributed by atoms with E-state index in [9.17, 15) is 10.1 Å². The van der Waals surface area contributed by atoms with E-state index in [0.29, 0.717) is 30.2 Å². The van der Waals surface area contributed by atoms with Gasteiger partial charge in [-0.25, -0.2) is 4.98 Å². The number of ether oxygens (including phenoxy) is 1. The first-order valence-electron chi connectivity index (χ1n) is 6.16. The minimum absolute atomic E-state index is 0.0547. The van der Waals surface area contributed by atoms with Gasteiger partial charge in [0.2, 0.25) is 5.95 Å². The molecule has 0 aliphatic rings. The average Bonchev–Trinajstić information content (AvgIpc) is 2.80. The number of fused-ring (bicyclic) bond motifs is 1. The highest BCUT2D eigenvalue weighted by molar-refractivity contribution is 5.79. The lowest BCUT2D eigenvalue weighted by molar-refractivity contribution is -0.384. The van der Waals surface area contributed by atoms with Crippen molar-refractivity contribution in [2.45, 2.75) is 13.3 Å². The van der Waals surface area contributed by atoms with Gasteiger partial charge in [-0.05, 0) is 19.4 Å². The van der Waals surface area contributed by atoms with Gasteiger partial charge in [0.05, 0.1) is 16.0 Å². The summed E-state index contributed by atoms with van der Waals surface area (Å²) in [5.41, 5.74) is 1.42. The Balaban J connectivity index is 1.99. The molecule has 2 rings (SSSR count). The third-order valence-corrected chi connectivity index (χ3v) is 2.64. The molecule has 0 bridgehead atoms. The summed E-state index contributed by atoms with van der Waals surface area (Å²) in [4.78, 5) is 17.6. The second-order valence-corrected chi connectivity index (χ2v) is 4.02. The van der Waals surface area contributed by atoms with Gasteiger partial charge in [-0.1, -0.05) is 0 Å². The monoisotopic (exact) mass is 264 g/mol. The molecule has 1 heterocycles. The van der Waals surface area contributed by atoms with E-state index in [1.165, 1.54) is 12.1 Å². The van der Waals surface area contributed by atoms with Crippen LogP contribution in [0.15, 0.2) is 18.2 Å². The van der Waals surface area contributed by atoms with Crippen molar-refractivity contribution in [2.24, 2.45) is 0 Å². The van der Waals surface area contributed by atoms with Gasteiger partial charge in [0.1, 0.15) is 0 Å². The van der Waals surface area contributed by atoms with Crippen LogP contribution < -0.4 is 5.32 Å². The number of nitrogens with zero attached hydrogens (tertiary/aromatic N) is 2. The van der Waals surface area contributed by atoms with Crippen molar-refractivity contribution < 1.29 is 9.66 Å². The van der Waals surface area contributed by atoms with Crippen LogP contribution in [0.5, 0.6) is 0 Å². The van der Waals surface area contributed by atoms with Crippen LogP contribution in [0, 0.1) is 10.1 Å². The zero-order chi connectivity index (χ0) is 13.7. The highest BCUT2D eigenvalue weighted by Gasteiger charge is 2.09. The molecule has 1 aromatic carbocycles. The third-order valence-electron chi connectivity index (χ3n) is 2.64. The second-order valence-electron chi connectivity index (χ2n) is 4.02. The van der Waals surface area contributed by atoms with E-state index in [-0.39, 0.29) is 5.69 Å². The van der Waals surface area contributed by atoms with Gasteiger partial charge < -0.3 is 15.0 Å². The van der Waals surface area contributed by atoms with Crippen molar-refractivity contribution in [1.82, 2.24) is 9.97 Å². The van der Waals surface area contributed by atoms with Crippen LogP contribution in [0.4, 0.5) is 11.6 Å².